The summed E-state index contributed by atoms with van der Waals surface area (Å²) in [5, 5.41) is 3.51. The van der Waals surface area contributed by atoms with Crippen LogP contribution in [0.4, 0.5) is 4.39 Å². The van der Waals surface area contributed by atoms with Crippen LogP contribution in [0.3, 0.4) is 0 Å². The molecular formula is C16H24FN3. The molecule has 1 N–H and O–H groups in total. The molecule has 0 amide bonds. The lowest BCUT2D eigenvalue weighted by molar-refractivity contribution is 0.112. The summed E-state index contributed by atoms with van der Waals surface area (Å²) in [4.78, 5) is 6.41. The summed E-state index contributed by atoms with van der Waals surface area (Å²) < 4.78 is 14.1. The Bertz CT molecular complexity index is 451. The average molecular weight is 277 g/mol. The fourth-order valence-electron chi connectivity index (χ4n) is 4.11. The van der Waals surface area contributed by atoms with E-state index in [1.807, 2.05) is 6.07 Å². The molecule has 3 atom stereocenters. The van der Waals surface area contributed by atoms with Crippen molar-refractivity contribution < 1.29 is 4.39 Å². The number of nitrogens with zero attached hydrogens (tertiary/aromatic N) is 2. The highest BCUT2D eigenvalue weighted by molar-refractivity contribution is 5.19. The van der Waals surface area contributed by atoms with Crippen molar-refractivity contribution in [2.24, 2.45) is 5.92 Å². The zero-order valence-electron chi connectivity index (χ0n) is 12.3. The van der Waals surface area contributed by atoms with Crippen LogP contribution in [-0.2, 0) is 0 Å². The highest BCUT2D eigenvalue weighted by Crippen LogP contribution is 2.42. The molecule has 2 aliphatic heterocycles. The molecule has 0 radical (unpaired) electrons. The van der Waals surface area contributed by atoms with Crippen molar-refractivity contribution in [2.75, 3.05) is 13.6 Å². The molecular weight excluding hydrogens is 253 g/mol. The smallest absolute Gasteiger partial charge is 0.146 e. The maximum atomic E-state index is 14.1. The molecule has 20 heavy (non-hydrogen) atoms. The summed E-state index contributed by atoms with van der Waals surface area (Å²) in [6, 6.07) is 3.33. The molecule has 1 aromatic heterocycles. The average Bonchev–Trinajstić information content (AvgIpc) is 2.67. The minimum atomic E-state index is -0.176. The molecule has 3 rings (SSSR count). The molecule has 110 valence electrons. The molecule has 0 aliphatic carbocycles. The lowest BCUT2D eigenvalue weighted by Crippen LogP contribution is -2.44. The topological polar surface area (TPSA) is 28.2 Å². The second-order valence-electron chi connectivity index (χ2n) is 6.21. The van der Waals surface area contributed by atoms with Gasteiger partial charge in [0.25, 0.3) is 0 Å². The molecule has 0 saturated carbocycles. The first-order valence-corrected chi connectivity index (χ1v) is 7.75. The molecule has 0 spiro atoms. The summed E-state index contributed by atoms with van der Waals surface area (Å²) in [5.41, 5.74) is 0.788. The van der Waals surface area contributed by atoms with E-state index in [0.29, 0.717) is 18.0 Å². The van der Waals surface area contributed by atoms with Crippen LogP contribution < -0.4 is 5.32 Å². The van der Waals surface area contributed by atoms with Crippen LogP contribution in [0, 0.1) is 11.7 Å². The summed E-state index contributed by atoms with van der Waals surface area (Å²) >= 11 is 0. The van der Waals surface area contributed by atoms with Crippen molar-refractivity contribution in [1.29, 1.82) is 0 Å². The molecule has 3 nitrogen and oxygen atoms in total. The van der Waals surface area contributed by atoms with E-state index in [0.717, 1.165) is 12.1 Å². The SMILES string of the molecule is CCNC(c1ccncc1F)C1CC2CCC(C1)N2C. The van der Waals surface area contributed by atoms with E-state index in [-0.39, 0.29) is 11.9 Å². The van der Waals surface area contributed by atoms with Gasteiger partial charge in [0.15, 0.2) is 0 Å². The molecule has 3 unspecified atom stereocenters. The van der Waals surface area contributed by atoms with Gasteiger partial charge in [0.05, 0.1) is 6.20 Å². The lowest BCUT2D eigenvalue weighted by Gasteiger charge is -2.40. The molecule has 2 fully saturated rings. The highest BCUT2D eigenvalue weighted by Gasteiger charge is 2.41. The Labute approximate surface area is 120 Å². The first-order valence-electron chi connectivity index (χ1n) is 7.75. The van der Waals surface area contributed by atoms with Crippen molar-refractivity contribution in [2.45, 2.75) is 50.7 Å². The van der Waals surface area contributed by atoms with Gasteiger partial charge in [-0.1, -0.05) is 6.92 Å². The third-order valence-electron chi connectivity index (χ3n) is 5.17. The molecule has 2 saturated heterocycles. The van der Waals surface area contributed by atoms with Crippen LogP contribution in [0.1, 0.15) is 44.2 Å². The number of aromatic nitrogens is 1. The van der Waals surface area contributed by atoms with Gasteiger partial charge in [-0.3, -0.25) is 4.98 Å². The van der Waals surface area contributed by atoms with Crippen molar-refractivity contribution in [1.82, 2.24) is 15.2 Å². The Balaban J connectivity index is 1.83. The molecule has 1 aromatic rings. The van der Waals surface area contributed by atoms with Gasteiger partial charge in [0, 0.05) is 29.9 Å². The Hall–Kier alpha value is -1.00. The van der Waals surface area contributed by atoms with Gasteiger partial charge in [0.2, 0.25) is 0 Å². The molecule has 2 aliphatic rings. The maximum absolute atomic E-state index is 14.1. The maximum Gasteiger partial charge on any atom is 0.146 e. The number of pyridine rings is 1. The Kier molecular flexibility index (Phi) is 4.03. The minimum absolute atomic E-state index is 0.125. The van der Waals surface area contributed by atoms with Crippen molar-refractivity contribution in [3.63, 3.8) is 0 Å². The molecule has 0 aromatic carbocycles. The van der Waals surface area contributed by atoms with Crippen LogP contribution in [0.2, 0.25) is 0 Å². The fraction of sp³-hybridized carbons (Fsp3) is 0.688. The number of nitrogens with one attached hydrogen (secondary N) is 1. The Morgan fingerprint density at radius 3 is 2.70 bits per heavy atom. The van der Waals surface area contributed by atoms with E-state index in [1.54, 1.807) is 6.20 Å². The van der Waals surface area contributed by atoms with E-state index >= 15 is 0 Å². The van der Waals surface area contributed by atoms with Crippen LogP contribution in [0.15, 0.2) is 18.5 Å². The van der Waals surface area contributed by atoms with Gasteiger partial charge in [0.1, 0.15) is 5.82 Å². The molecule has 3 heterocycles. The van der Waals surface area contributed by atoms with E-state index in [9.17, 15) is 4.39 Å². The van der Waals surface area contributed by atoms with Gasteiger partial charge in [-0.2, -0.15) is 0 Å². The quantitative estimate of drug-likeness (QED) is 0.917. The first-order chi connectivity index (χ1) is 9.70. The van der Waals surface area contributed by atoms with Crippen molar-refractivity contribution in [3.05, 3.63) is 29.8 Å². The normalized spacial score (nSPS) is 31.4. The van der Waals surface area contributed by atoms with E-state index in [4.69, 9.17) is 0 Å². The third-order valence-corrected chi connectivity index (χ3v) is 5.17. The van der Waals surface area contributed by atoms with Crippen LogP contribution in [0.5, 0.6) is 0 Å². The summed E-state index contributed by atoms with van der Waals surface area (Å²) in [6.07, 6.45) is 7.99. The Morgan fingerprint density at radius 1 is 1.40 bits per heavy atom. The van der Waals surface area contributed by atoms with Crippen molar-refractivity contribution >= 4 is 0 Å². The third kappa shape index (κ3) is 2.47. The molecule has 4 heteroatoms. The van der Waals surface area contributed by atoms with Gasteiger partial charge >= 0.3 is 0 Å². The summed E-state index contributed by atoms with van der Waals surface area (Å²) in [6.45, 7) is 2.96. The number of fused-ring (bicyclic) bond motifs is 2. The largest absolute Gasteiger partial charge is 0.310 e. The predicted octanol–water partition coefficient (Wildman–Crippen LogP) is 2.74. The van der Waals surface area contributed by atoms with E-state index in [2.05, 4.69) is 29.2 Å². The van der Waals surface area contributed by atoms with Crippen molar-refractivity contribution in [3.8, 4) is 0 Å². The van der Waals surface area contributed by atoms with Gasteiger partial charge < -0.3 is 10.2 Å². The fourth-order valence-corrected chi connectivity index (χ4v) is 4.11. The van der Waals surface area contributed by atoms with Gasteiger partial charge in [-0.25, -0.2) is 4.39 Å². The monoisotopic (exact) mass is 277 g/mol. The molecule has 2 bridgehead atoms. The number of piperidine rings is 1. The first kappa shape index (κ1) is 14.0. The number of hydrogen-bond donors (Lipinski definition) is 1. The summed E-state index contributed by atoms with van der Waals surface area (Å²) in [5.74, 6) is 0.352. The zero-order valence-corrected chi connectivity index (χ0v) is 12.3. The van der Waals surface area contributed by atoms with E-state index < -0.39 is 0 Å². The predicted molar refractivity (Wildman–Crippen MR) is 77.9 cm³/mol. The van der Waals surface area contributed by atoms with Crippen LogP contribution in [0.25, 0.3) is 0 Å². The second-order valence-corrected chi connectivity index (χ2v) is 6.21. The standard InChI is InChI=1S/C16H24FN3/c1-3-19-16(14-6-7-18-10-15(14)17)11-8-12-4-5-13(9-11)20(12)2/h6-7,10-13,16,19H,3-5,8-9H2,1-2H3. The lowest BCUT2D eigenvalue weighted by atomic mass is 9.82. The van der Waals surface area contributed by atoms with Crippen LogP contribution >= 0.6 is 0 Å². The van der Waals surface area contributed by atoms with E-state index in [1.165, 1.54) is 31.9 Å². The number of rotatable bonds is 4. The number of hydrogen-bond acceptors (Lipinski definition) is 3. The second kappa shape index (κ2) is 5.78. The minimum Gasteiger partial charge on any atom is -0.310 e. The summed E-state index contributed by atoms with van der Waals surface area (Å²) in [7, 11) is 2.24. The number of halogens is 1. The zero-order chi connectivity index (χ0) is 14.1. The van der Waals surface area contributed by atoms with Crippen LogP contribution in [-0.4, -0.2) is 35.6 Å². The van der Waals surface area contributed by atoms with Gasteiger partial charge in [-0.15, -0.1) is 0 Å². The highest BCUT2D eigenvalue weighted by atomic mass is 19.1. The Morgan fingerprint density at radius 2 is 2.10 bits per heavy atom. The van der Waals surface area contributed by atoms with Gasteiger partial charge in [-0.05, 0) is 51.3 Å².